The molecule has 0 aliphatic heterocycles. The summed E-state index contributed by atoms with van der Waals surface area (Å²) in [7, 11) is 0. The molecule has 19 heavy (non-hydrogen) atoms. The van der Waals surface area contributed by atoms with Gasteiger partial charge in [0.2, 0.25) is 5.91 Å². The van der Waals surface area contributed by atoms with Crippen molar-refractivity contribution < 1.29 is 4.79 Å². The summed E-state index contributed by atoms with van der Waals surface area (Å²) in [6, 6.07) is 11.4. The van der Waals surface area contributed by atoms with Gasteiger partial charge in [-0.1, -0.05) is 34.1 Å². The number of aryl methyl sites for hydroxylation is 1. The van der Waals surface area contributed by atoms with Gasteiger partial charge in [-0.25, -0.2) is 4.98 Å². The Labute approximate surface area is 120 Å². The third-order valence-corrected chi connectivity index (χ3v) is 2.99. The van der Waals surface area contributed by atoms with Crippen molar-refractivity contribution in [3.63, 3.8) is 0 Å². The molecule has 4 heteroatoms. The summed E-state index contributed by atoms with van der Waals surface area (Å²) >= 11 is 3.36. The maximum absolute atomic E-state index is 11.7. The molecule has 1 amide bonds. The molecule has 0 saturated heterocycles. The first-order valence-corrected chi connectivity index (χ1v) is 6.60. The number of hydrogen-bond acceptors (Lipinski definition) is 2. The Balaban J connectivity index is 1.97. The second kappa shape index (κ2) is 6.29. The molecule has 0 saturated carbocycles. The number of anilines is 1. The predicted octanol–water partition coefficient (Wildman–Crippen LogP) is 3.80. The zero-order valence-corrected chi connectivity index (χ0v) is 12.0. The van der Waals surface area contributed by atoms with Crippen molar-refractivity contribution in [3.8, 4) is 0 Å². The van der Waals surface area contributed by atoms with Crippen LogP contribution in [0.3, 0.4) is 0 Å². The number of nitrogens with zero attached hydrogens (tertiary/aromatic N) is 1. The van der Waals surface area contributed by atoms with Crippen LogP contribution >= 0.6 is 15.9 Å². The Morgan fingerprint density at radius 3 is 2.58 bits per heavy atom. The van der Waals surface area contributed by atoms with E-state index >= 15 is 0 Å². The van der Waals surface area contributed by atoms with E-state index in [1.54, 1.807) is 18.3 Å². The van der Waals surface area contributed by atoms with E-state index in [0.29, 0.717) is 5.82 Å². The number of carbonyl (C=O) groups is 1. The van der Waals surface area contributed by atoms with Crippen molar-refractivity contribution in [2.45, 2.75) is 6.92 Å². The van der Waals surface area contributed by atoms with E-state index < -0.39 is 0 Å². The van der Waals surface area contributed by atoms with Crippen LogP contribution in [0.25, 0.3) is 6.08 Å². The first kappa shape index (κ1) is 13.5. The number of benzene rings is 1. The second-order valence-electron chi connectivity index (χ2n) is 4.09. The molecular weight excluding hydrogens is 304 g/mol. The number of carbonyl (C=O) groups excluding carboxylic acids is 1. The highest BCUT2D eigenvalue weighted by molar-refractivity contribution is 9.10. The molecule has 96 valence electrons. The molecule has 0 spiro atoms. The number of amides is 1. The van der Waals surface area contributed by atoms with Crippen LogP contribution < -0.4 is 5.32 Å². The van der Waals surface area contributed by atoms with Gasteiger partial charge < -0.3 is 5.32 Å². The van der Waals surface area contributed by atoms with Crippen molar-refractivity contribution in [3.05, 3.63) is 64.3 Å². The maximum Gasteiger partial charge on any atom is 0.249 e. The number of halogens is 1. The summed E-state index contributed by atoms with van der Waals surface area (Å²) in [5.41, 5.74) is 2.03. The fraction of sp³-hybridized carbons (Fsp3) is 0.0667. The van der Waals surface area contributed by atoms with Crippen LogP contribution in [-0.4, -0.2) is 10.9 Å². The zero-order valence-electron chi connectivity index (χ0n) is 10.4. The largest absolute Gasteiger partial charge is 0.307 e. The quantitative estimate of drug-likeness (QED) is 0.875. The molecule has 3 nitrogen and oxygen atoms in total. The van der Waals surface area contributed by atoms with Crippen LogP contribution in [0.5, 0.6) is 0 Å². The summed E-state index contributed by atoms with van der Waals surface area (Å²) in [4.78, 5) is 15.8. The molecule has 0 atom stereocenters. The Morgan fingerprint density at radius 1 is 1.21 bits per heavy atom. The number of hydrogen-bond donors (Lipinski definition) is 1. The SMILES string of the molecule is Cc1ccc(NC(=O)C=Cc2ccc(Br)cc2)nc1. The fourth-order valence-electron chi connectivity index (χ4n) is 1.46. The lowest BCUT2D eigenvalue weighted by atomic mass is 10.2. The van der Waals surface area contributed by atoms with Crippen molar-refractivity contribution in [1.82, 2.24) is 4.98 Å². The van der Waals surface area contributed by atoms with Crippen LogP contribution in [0.2, 0.25) is 0 Å². The van der Waals surface area contributed by atoms with Gasteiger partial charge >= 0.3 is 0 Å². The van der Waals surface area contributed by atoms with E-state index in [9.17, 15) is 4.79 Å². The smallest absolute Gasteiger partial charge is 0.249 e. The molecule has 1 aromatic carbocycles. The third-order valence-electron chi connectivity index (χ3n) is 2.46. The Bertz CT molecular complexity index is 589. The Hall–Kier alpha value is -1.94. The molecule has 1 heterocycles. The van der Waals surface area contributed by atoms with Crippen molar-refractivity contribution in [2.24, 2.45) is 0 Å². The monoisotopic (exact) mass is 316 g/mol. The molecule has 1 N–H and O–H groups in total. The highest BCUT2D eigenvalue weighted by Crippen LogP contribution is 2.11. The van der Waals surface area contributed by atoms with Crippen molar-refractivity contribution in [2.75, 3.05) is 5.32 Å². The van der Waals surface area contributed by atoms with E-state index in [1.165, 1.54) is 6.08 Å². The summed E-state index contributed by atoms with van der Waals surface area (Å²) < 4.78 is 1.01. The first-order valence-electron chi connectivity index (χ1n) is 5.81. The molecule has 0 bridgehead atoms. The minimum Gasteiger partial charge on any atom is -0.307 e. The summed E-state index contributed by atoms with van der Waals surface area (Å²) in [5, 5.41) is 2.70. The first-order chi connectivity index (χ1) is 9.13. The topological polar surface area (TPSA) is 42.0 Å². The van der Waals surface area contributed by atoms with E-state index in [-0.39, 0.29) is 5.91 Å². The second-order valence-corrected chi connectivity index (χ2v) is 5.01. The lowest BCUT2D eigenvalue weighted by Gasteiger charge is -2.01. The Kier molecular flexibility index (Phi) is 4.47. The molecule has 0 radical (unpaired) electrons. The van der Waals surface area contributed by atoms with Gasteiger partial charge in [0.1, 0.15) is 5.82 Å². The van der Waals surface area contributed by atoms with Crippen LogP contribution in [0.4, 0.5) is 5.82 Å². The van der Waals surface area contributed by atoms with Crippen LogP contribution in [0.15, 0.2) is 53.1 Å². The van der Waals surface area contributed by atoms with Gasteiger partial charge in [0, 0.05) is 16.7 Å². The molecule has 2 rings (SSSR count). The normalized spacial score (nSPS) is 10.6. The summed E-state index contributed by atoms with van der Waals surface area (Å²) in [6.45, 7) is 1.95. The molecule has 0 unspecified atom stereocenters. The molecule has 0 aliphatic carbocycles. The standard InChI is InChI=1S/C15H13BrN2O/c1-11-2-8-14(17-10-11)18-15(19)9-5-12-3-6-13(16)7-4-12/h2-10H,1H3,(H,17,18,19). The number of rotatable bonds is 3. The molecule has 0 aliphatic rings. The van der Waals surface area contributed by atoms with Crippen molar-refractivity contribution >= 4 is 33.7 Å². The fourth-order valence-corrected chi connectivity index (χ4v) is 1.72. The lowest BCUT2D eigenvalue weighted by molar-refractivity contribution is -0.111. The van der Waals surface area contributed by atoms with E-state index in [0.717, 1.165) is 15.6 Å². The van der Waals surface area contributed by atoms with E-state index in [1.807, 2.05) is 37.3 Å². The van der Waals surface area contributed by atoms with Gasteiger partial charge in [-0.05, 0) is 42.3 Å². The van der Waals surface area contributed by atoms with Crippen LogP contribution in [0.1, 0.15) is 11.1 Å². The number of nitrogens with one attached hydrogen (secondary N) is 1. The van der Waals surface area contributed by atoms with Gasteiger partial charge in [-0.3, -0.25) is 4.79 Å². The highest BCUT2D eigenvalue weighted by atomic mass is 79.9. The minimum atomic E-state index is -0.195. The zero-order chi connectivity index (χ0) is 13.7. The van der Waals surface area contributed by atoms with E-state index in [2.05, 4.69) is 26.2 Å². The lowest BCUT2D eigenvalue weighted by Crippen LogP contribution is -2.08. The summed E-state index contributed by atoms with van der Waals surface area (Å²) in [6.07, 6.45) is 4.97. The van der Waals surface area contributed by atoms with Crippen LogP contribution in [0, 0.1) is 6.92 Å². The number of aromatic nitrogens is 1. The molecular formula is C15H13BrN2O. The molecule has 0 fully saturated rings. The average Bonchev–Trinajstić information content (AvgIpc) is 2.41. The average molecular weight is 317 g/mol. The predicted molar refractivity (Wildman–Crippen MR) is 80.8 cm³/mol. The summed E-state index contributed by atoms with van der Waals surface area (Å²) in [5.74, 6) is 0.357. The molecule has 2 aromatic rings. The van der Waals surface area contributed by atoms with Gasteiger partial charge in [0.05, 0.1) is 0 Å². The number of pyridine rings is 1. The van der Waals surface area contributed by atoms with E-state index in [4.69, 9.17) is 0 Å². The van der Waals surface area contributed by atoms with Gasteiger partial charge in [-0.2, -0.15) is 0 Å². The van der Waals surface area contributed by atoms with Crippen LogP contribution in [-0.2, 0) is 4.79 Å². The minimum absolute atomic E-state index is 0.195. The van der Waals surface area contributed by atoms with Crippen molar-refractivity contribution in [1.29, 1.82) is 0 Å². The van der Waals surface area contributed by atoms with Gasteiger partial charge in [0.25, 0.3) is 0 Å². The maximum atomic E-state index is 11.7. The molecule has 1 aromatic heterocycles. The Morgan fingerprint density at radius 2 is 1.95 bits per heavy atom. The van der Waals surface area contributed by atoms with Gasteiger partial charge in [0.15, 0.2) is 0 Å². The third kappa shape index (κ3) is 4.34. The van der Waals surface area contributed by atoms with Gasteiger partial charge in [-0.15, -0.1) is 0 Å². The highest BCUT2D eigenvalue weighted by Gasteiger charge is 1.98.